The second kappa shape index (κ2) is 8.13. The second-order valence-corrected chi connectivity index (χ2v) is 5.93. The number of ether oxygens (including phenoxy) is 1. The molecule has 8 heteroatoms. The first-order valence-corrected chi connectivity index (χ1v) is 8.30. The Labute approximate surface area is 159 Å². The van der Waals surface area contributed by atoms with E-state index in [0.29, 0.717) is 5.69 Å². The number of rotatable bonds is 5. The number of ketones is 1. The highest BCUT2D eigenvalue weighted by molar-refractivity contribution is 6.15. The number of carbonyl (C=O) groups is 2. The molecular weight excluding hydrogens is 373 g/mol. The minimum absolute atomic E-state index is 0.0437. The molecule has 0 amide bonds. The Balaban J connectivity index is 2.52. The Morgan fingerprint density at radius 1 is 1.25 bits per heavy atom. The zero-order valence-electron chi connectivity index (χ0n) is 15.4. The number of hydrogen-bond acceptors (Lipinski definition) is 4. The van der Waals surface area contributed by atoms with Crippen LogP contribution in [0.2, 0.25) is 0 Å². The van der Waals surface area contributed by atoms with Crippen LogP contribution in [0.15, 0.2) is 29.8 Å². The second-order valence-electron chi connectivity index (χ2n) is 5.93. The third-order valence-corrected chi connectivity index (χ3v) is 4.08. The van der Waals surface area contributed by atoms with E-state index >= 15 is 0 Å². The van der Waals surface area contributed by atoms with Gasteiger partial charge in [0.05, 0.1) is 23.4 Å². The summed E-state index contributed by atoms with van der Waals surface area (Å²) in [5, 5.41) is 9.35. The van der Waals surface area contributed by atoms with Crippen molar-refractivity contribution in [2.24, 2.45) is 0 Å². The maximum atomic E-state index is 13.2. The number of benzene rings is 1. The first-order chi connectivity index (χ1) is 13.1. The molecular formula is C20H17F3N2O3. The van der Waals surface area contributed by atoms with Gasteiger partial charge in [-0.25, -0.2) is 4.79 Å². The number of nitrogens with one attached hydrogen (secondary N) is 1. The van der Waals surface area contributed by atoms with Crippen molar-refractivity contribution in [1.29, 1.82) is 5.26 Å². The maximum Gasteiger partial charge on any atom is 0.416 e. The SMILES string of the molecule is CCOC(=O)c1c(C)[nH]c(C(=O)C(C#N)=Cc2ccccc2C(F)(F)F)c1C. The molecule has 0 fully saturated rings. The van der Waals surface area contributed by atoms with Crippen LogP contribution in [0.25, 0.3) is 6.08 Å². The minimum Gasteiger partial charge on any atom is -0.462 e. The summed E-state index contributed by atoms with van der Waals surface area (Å²) >= 11 is 0. The van der Waals surface area contributed by atoms with Gasteiger partial charge in [-0.05, 0) is 44.0 Å². The van der Waals surface area contributed by atoms with Crippen LogP contribution in [0, 0.1) is 25.2 Å². The molecule has 2 aromatic rings. The Morgan fingerprint density at radius 3 is 2.46 bits per heavy atom. The van der Waals surface area contributed by atoms with Crippen LogP contribution in [0.3, 0.4) is 0 Å². The first-order valence-electron chi connectivity index (χ1n) is 8.30. The molecule has 0 aliphatic rings. The largest absolute Gasteiger partial charge is 0.462 e. The highest BCUT2D eigenvalue weighted by atomic mass is 19.4. The van der Waals surface area contributed by atoms with Gasteiger partial charge in [-0.3, -0.25) is 4.79 Å². The Morgan fingerprint density at radius 2 is 1.89 bits per heavy atom. The molecule has 1 aromatic carbocycles. The fourth-order valence-corrected chi connectivity index (χ4v) is 2.81. The predicted molar refractivity (Wildman–Crippen MR) is 95.6 cm³/mol. The molecule has 0 aliphatic heterocycles. The van der Waals surface area contributed by atoms with Gasteiger partial charge in [-0.2, -0.15) is 18.4 Å². The van der Waals surface area contributed by atoms with Gasteiger partial charge in [0, 0.05) is 5.69 Å². The highest BCUT2D eigenvalue weighted by Gasteiger charge is 2.33. The number of nitriles is 1. The summed E-state index contributed by atoms with van der Waals surface area (Å²) in [6, 6.07) is 6.28. The van der Waals surface area contributed by atoms with Gasteiger partial charge in [0.25, 0.3) is 0 Å². The van der Waals surface area contributed by atoms with Gasteiger partial charge in [0.1, 0.15) is 11.6 Å². The zero-order valence-corrected chi connectivity index (χ0v) is 15.4. The van der Waals surface area contributed by atoms with Crippen LogP contribution in [0.4, 0.5) is 13.2 Å². The average molecular weight is 390 g/mol. The summed E-state index contributed by atoms with van der Waals surface area (Å²) < 4.78 is 44.4. The molecule has 28 heavy (non-hydrogen) atoms. The lowest BCUT2D eigenvalue weighted by atomic mass is 10.00. The van der Waals surface area contributed by atoms with Crippen molar-refractivity contribution >= 4 is 17.8 Å². The van der Waals surface area contributed by atoms with E-state index in [2.05, 4.69) is 4.98 Å². The number of carbonyl (C=O) groups excluding carboxylic acids is 2. The molecule has 0 spiro atoms. The number of halogens is 3. The highest BCUT2D eigenvalue weighted by Crippen LogP contribution is 2.33. The number of esters is 1. The van der Waals surface area contributed by atoms with Gasteiger partial charge in [0.15, 0.2) is 0 Å². The molecule has 5 nitrogen and oxygen atoms in total. The van der Waals surface area contributed by atoms with E-state index in [9.17, 15) is 28.0 Å². The van der Waals surface area contributed by atoms with Gasteiger partial charge in [-0.1, -0.05) is 18.2 Å². The van der Waals surface area contributed by atoms with E-state index in [1.165, 1.54) is 25.1 Å². The lowest BCUT2D eigenvalue weighted by Crippen LogP contribution is -2.09. The van der Waals surface area contributed by atoms with Crippen LogP contribution in [0.1, 0.15) is 50.2 Å². The van der Waals surface area contributed by atoms with Crippen LogP contribution < -0.4 is 0 Å². The van der Waals surface area contributed by atoms with Crippen LogP contribution >= 0.6 is 0 Å². The van der Waals surface area contributed by atoms with Crippen molar-refractivity contribution in [2.75, 3.05) is 6.61 Å². The van der Waals surface area contributed by atoms with Crippen molar-refractivity contribution in [3.05, 3.63) is 63.5 Å². The molecule has 0 atom stereocenters. The predicted octanol–water partition coefficient (Wildman–Crippen LogP) is 4.62. The number of allylic oxidation sites excluding steroid dienone is 1. The molecule has 1 heterocycles. The number of nitrogens with zero attached hydrogens (tertiary/aromatic N) is 1. The lowest BCUT2D eigenvalue weighted by molar-refractivity contribution is -0.137. The Kier molecular flexibility index (Phi) is 6.09. The molecule has 1 N–H and O–H groups in total. The molecule has 0 unspecified atom stereocenters. The van der Waals surface area contributed by atoms with E-state index in [1.54, 1.807) is 19.9 Å². The summed E-state index contributed by atoms with van der Waals surface area (Å²) in [4.78, 5) is 27.5. The molecule has 0 radical (unpaired) electrons. The van der Waals surface area contributed by atoms with Gasteiger partial charge >= 0.3 is 12.1 Å². The topological polar surface area (TPSA) is 83.0 Å². The van der Waals surface area contributed by atoms with Crippen LogP contribution in [-0.2, 0) is 10.9 Å². The standard InChI is InChI=1S/C20H17F3N2O3/c1-4-28-19(27)16-11(2)17(25-12(16)3)18(26)14(10-24)9-13-7-5-6-8-15(13)20(21,22)23/h5-9,25H,4H2,1-3H3. The third kappa shape index (κ3) is 4.14. The molecule has 1 aromatic heterocycles. The van der Waals surface area contributed by atoms with E-state index in [-0.39, 0.29) is 29.0 Å². The molecule has 0 saturated carbocycles. The molecule has 0 bridgehead atoms. The van der Waals surface area contributed by atoms with E-state index in [4.69, 9.17) is 4.74 Å². The van der Waals surface area contributed by atoms with Crippen LogP contribution in [0.5, 0.6) is 0 Å². The fourth-order valence-electron chi connectivity index (χ4n) is 2.81. The summed E-state index contributed by atoms with van der Waals surface area (Å²) in [6.07, 6.45) is -3.74. The Bertz CT molecular complexity index is 995. The summed E-state index contributed by atoms with van der Waals surface area (Å²) in [7, 11) is 0. The monoisotopic (exact) mass is 390 g/mol. The first kappa shape index (κ1) is 21.0. The minimum atomic E-state index is -4.63. The summed E-state index contributed by atoms with van der Waals surface area (Å²) in [6.45, 7) is 4.84. The summed E-state index contributed by atoms with van der Waals surface area (Å²) in [5.74, 6) is -1.44. The molecule has 146 valence electrons. The third-order valence-electron chi connectivity index (χ3n) is 4.08. The number of aromatic nitrogens is 1. The molecule has 0 saturated heterocycles. The van der Waals surface area contributed by atoms with Gasteiger partial charge in [0.2, 0.25) is 5.78 Å². The quantitative estimate of drug-likeness (QED) is 0.350. The maximum absolute atomic E-state index is 13.2. The van der Waals surface area contributed by atoms with E-state index in [1.807, 2.05) is 0 Å². The van der Waals surface area contributed by atoms with Crippen molar-refractivity contribution in [3.63, 3.8) is 0 Å². The number of alkyl halides is 3. The van der Waals surface area contributed by atoms with Gasteiger partial charge in [-0.15, -0.1) is 0 Å². The van der Waals surface area contributed by atoms with Crippen molar-refractivity contribution in [1.82, 2.24) is 4.98 Å². The smallest absolute Gasteiger partial charge is 0.416 e. The van der Waals surface area contributed by atoms with Gasteiger partial charge < -0.3 is 9.72 Å². The van der Waals surface area contributed by atoms with Crippen molar-refractivity contribution in [2.45, 2.75) is 26.9 Å². The average Bonchev–Trinajstić information content (AvgIpc) is 2.93. The number of aryl methyl sites for hydroxylation is 1. The van der Waals surface area contributed by atoms with E-state index in [0.717, 1.165) is 12.1 Å². The Hall–Kier alpha value is -3.34. The van der Waals surface area contributed by atoms with Crippen molar-refractivity contribution in [3.8, 4) is 6.07 Å². The number of H-pyrrole nitrogens is 1. The fraction of sp³-hybridized carbons (Fsp3) is 0.250. The normalized spacial score (nSPS) is 11.8. The number of Topliss-reactive ketones (excluding diaryl/α,β-unsaturated/α-hetero) is 1. The van der Waals surface area contributed by atoms with Crippen molar-refractivity contribution < 1.29 is 27.5 Å². The zero-order chi connectivity index (χ0) is 21.1. The van der Waals surface area contributed by atoms with E-state index < -0.39 is 29.1 Å². The number of hydrogen-bond donors (Lipinski definition) is 1. The molecule has 0 aliphatic carbocycles. The lowest BCUT2D eigenvalue weighted by Gasteiger charge is -2.10. The molecule has 2 rings (SSSR count). The summed E-state index contributed by atoms with van der Waals surface area (Å²) in [5.41, 5.74) is -0.987. The number of aromatic amines is 1. The van der Waals surface area contributed by atoms with Crippen LogP contribution in [-0.4, -0.2) is 23.3 Å².